The quantitative estimate of drug-likeness (QED) is 0.697. The van der Waals surface area contributed by atoms with Crippen molar-refractivity contribution in [3.05, 3.63) is 66.5 Å². The lowest BCUT2D eigenvalue weighted by Gasteiger charge is -2.31. The lowest BCUT2D eigenvalue weighted by atomic mass is 10.1. The minimum atomic E-state index is -3.37. The second-order valence-corrected chi connectivity index (χ2v) is 8.82. The van der Waals surface area contributed by atoms with Gasteiger partial charge in [-0.2, -0.15) is 0 Å². The Hall–Kier alpha value is -2.80. The van der Waals surface area contributed by atoms with Crippen molar-refractivity contribution < 1.29 is 13.2 Å². The van der Waals surface area contributed by atoms with Gasteiger partial charge >= 0.3 is 0 Å². The van der Waals surface area contributed by atoms with Gasteiger partial charge in [-0.3, -0.25) is 9.78 Å². The van der Waals surface area contributed by atoms with Gasteiger partial charge in [-0.1, -0.05) is 30.3 Å². The number of benzene rings is 2. The monoisotopic (exact) mass is 381 g/mol. The van der Waals surface area contributed by atoms with E-state index >= 15 is 0 Å². The van der Waals surface area contributed by atoms with Crippen LogP contribution in [0.1, 0.15) is 23.3 Å². The smallest absolute Gasteiger partial charge is 0.274 e. The molecule has 138 valence electrons. The van der Waals surface area contributed by atoms with E-state index in [1.807, 2.05) is 24.3 Å². The standard InChI is InChI=1S/C20H19N3O3S/c24-20(19-14-21-17-8-4-5-9-18(17)22-19)23-12-10-16(11-13-23)27(25,26)15-6-2-1-3-7-15/h1-9,14,16H,10-13H2. The van der Waals surface area contributed by atoms with Crippen LogP contribution in [0.4, 0.5) is 0 Å². The van der Waals surface area contributed by atoms with Crippen LogP contribution < -0.4 is 0 Å². The predicted molar refractivity (Wildman–Crippen MR) is 102 cm³/mol. The van der Waals surface area contributed by atoms with Crippen molar-refractivity contribution >= 4 is 26.8 Å². The first-order valence-corrected chi connectivity index (χ1v) is 10.4. The highest BCUT2D eigenvalue weighted by Crippen LogP contribution is 2.25. The number of nitrogens with zero attached hydrogens (tertiary/aromatic N) is 3. The van der Waals surface area contributed by atoms with Crippen LogP contribution in [-0.4, -0.2) is 47.5 Å². The van der Waals surface area contributed by atoms with Gasteiger partial charge in [0.25, 0.3) is 5.91 Å². The van der Waals surface area contributed by atoms with Crippen molar-refractivity contribution in [2.45, 2.75) is 23.0 Å². The van der Waals surface area contributed by atoms with Crippen molar-refractivity contribution in [2.24, 2.45) is 0 Å². The lowest BCUT2D eigenvalue weighted by Crippen LogP contribution is -2.42. The average Bonchev–Trinajstić information content (AvgIpc) is 2.73. The Bertz CT molecular complexity index is 1080. The summed E-state index contributed by atoms with van der Waals surface area (Å²) in [5.41, 5.74) is 1.70. The van der Waals surface area contributed by atoms with E-state index in [2.05, 4.69) is 9.97 Å². The Morgan fingerprint density at radius 3 is 2.26 bits per heavy atom. The number of rotatable bonds is 3. The molecule has 2 aromatic carbocycles. The second-order valence-electron chi connectivity index (χ2n) is 6.59. The fourth-order valence-corrected chi connectivity index (χ4v) is 5.15. The average molecular weight is 381 g/mol. The molecule has 6 nitrogen and oxygen atoms in total. The number of sulfone groups is 1. The SMILES string of the molecule is O=C(c1cnc2ccccc2n1)N1CCC(S(=O)(=O)c2ccccc2)CC1. The first-order valence-electron chi connectivity index (χ1n) is 8.86. The number of hydrogen-bond donors (Lipinski definition) is 0. The van der Waals surface area contributed by atoms with E-state index in [0.717, 1.165) is 5.52 Å². The van der Waals surface area contributed by atoms with Gasteiger partial charge in [-0.05, 0) is 37.1 Å². The number of fused-ring (bicyclic) bond motifs is 1. The normalized spacial score (nSPS) is 15.8. The zero-order valence-corrected chi connectivity index (χ0v) is 15.5. The Balaban J connectivity index is 1.47. The summed E-state index contributed by atoms with van der Waals surface area (Å²) >= 11 is 0. The number of aromatic nitrogens is 2. The molecule has 1 aliphatic rings. The van der Waals surface area contributed by atoms with Gasteiger partial charge in [0.2, 0.25) is 0 Å². The molecule has 27 heavy (non-hydrogen) atoms. The summed E-state index contributed by atoms with van der Waals surface area (Å²) in [5, 5.41) is -0.466. The molecule has 0 atom stereocenters. The van der Waals surface area contributed by atoms with Gasteiger partial charge in [-0.25, -0.2) is 13.4 Å². The molecule has 1 amide bonds. The largest absolute Gasteiger partial charge is 0.337 e. The molecule has 1 fully saturated rings. The minimum Gasteiger partial charge on any atom is -0.337 e. The number of para-hydroxylation sites is 2. The summed E-state index contributed by atoms with van der Waals surface area (Å²) in [5.74, 6) is -0.205. The first kappa shape index (κ1) is 17.6. The highest BCUT2D eigenvalue weighted by atomic mass is 32.2. The molecule has 1 saturated heterocycles. The molecule has 2 heterocycles. The van der Waals surface area contributed by atoms with E-state index in [9.17, 15) is 13.2 Å². The zero-order chi connectivity index (χ0) is 18.9. The number of piperidine rings is 1. The number of amides is 1. The third kappa shape index (κ3) is 3.42. The summed E-state index contributed by atoms with van der Waals surface area (Å²) in [4.78, 5) is 23.4. The van der Waals surface area contributed by atoms with Gasteiger partial charge in [0.15, 0.2) is 9.84 Å². The highest BCUT2D eigenvalue weighted by Gasteiger charge is 2.33. The van der Waals surface area contributed by atoms with Crippen LogP contribution >= 0.6 is 0 Å². The fraction of sp³-hybridized carbons (Fsp3) is 0.250. The second kappa shape index (κ2) is 7.08. The maximum absolute atomic E-state index is 12.8. The molecule has 0 radical (unpaired) electrons. The topological polar surface area (TPSA) is 80.2 Å². The molecular weight excluding hydrogens is 362 g/mol. The van der Waals surface area contributed by atoms with E-state index in [-0.39, 0.29) is 11.6 Å². The van der Waals surface area contributed by atoms with Crippen LogP contribution in [0.15, 0.2) is 65.7 Å². The first-order chi connectivity index (χ1) is 13.1. The molecule has 1 aromatic heterocycles. The Labute approximate surface area is 157 Å². The molecule has 3 aromatic rings. The molecule has 1 aliphatic heterocycles. The minimum absolute atomic E-state index is 0.205. The third-order valence-corrected chi connectivity index (χ3v) is 7.19. The van der Waals surface area contributed by atoms with E-state index in [1.54, 1.807) is 35.2 Å². The number of hydrogen-bond acceptors (Lipinski definition) is 5. The molecule has 0 spiro atoms. The van der Waals surface area contributed by atoms with Gasteiger partial charge in [0.05, 0.1) is 27.4 Å². The van der Waals surface area contributed by atoms with Crippen LogP contribution in [0.5, 0.6) is 0 Å². The molecule has 0 saturated carbocycles. The van der Waals surface area contributed by atoms with Crippen molar-refractivity contribution in [1.29, 1.82) is 0 Å². The number of likely N-dealkylation sites (tertiary alicyclic amines) is 1. The van der Waals surface area contributed by atoms with Crippen molar-refractivity contribution in [3.8, 4) is 0 Å². The molecule has 0 unspecified atom stereocenters. The molecule has 4 rings (SSSR count). The summed E-state index contributed by atoms with van der Waals surface area (Å²) in [6.45, 7) is 0.786. The molecule has 0 aliphatic carbocycles. The highest BCUT2D eigenvalue weighted by molar-refractivity contribution is 7.92. The van der Waals surface area contributed by atoms with Crippen LogP contribution in [0.25, 0.3) is 11.0 Å². The van der Waals surface area contributed by atoms with E-state index in [0.29, 0.717) is 36.3 Å². The van der Waals surface area contributed by atoms with Crippen LogP contribution in [0, 0.1) is 0 Å². The summed E-state index contributed by atoms with van der Waals surface area (Å²) in [6, 6.07) is 15.9. The Kier molecular flexibility index (Phi) is 4.61. The summed E-state index contributed by atoms with van der Waals surface area (Å²) in [6.07, 6.45) is 2.32. The van der Waals surface area contributed by atoms with Crippen molar-refractivity contribution in [2.75, 3.05) is 13.1 Å². The van der Waals surface area contributed by atoms with Gasteiger partial charge in [-0.15, -0.1) is 0 Å². The number of carbonyl (C=O) groups excluding carboxylic acids is 1. The van der Waals surface area contributed by atoms with Crippen molar-refractivity contribution in [3.63, 3.8) is 0 Å². The maximum atomic E-state index is 12.8. The van der Waals surface area contributed by atoms with E-state index in [4.69, 9.17) is 0 Å². The maximum Gasteiger partial charge on any atom is 0.274 e. The molecule has 0 bridgehead atoms. The van der Waals surface area contributed by atoms with Crippen LogP contribution in [0.2, 0.25) is 0 Å². The molecular formula is C20H19N3O3S. The van der Waals surface area contributed by atoms with Gasteiger partial charge < -0.3 is 4.90 Å². The molecule has 7 heteroatoms. The zero-order valence-electron chi connectivity index (χ0n) is 14.7. The van der Waals surface area contributed by atoms with E-state index < -0.39 is 15.1 Å². The van der Waals surface area contributed by atoms with E-state index in [1.165, 1.54) is 6.20 Å². The molecule has 0 N–H and O–H groups in total. The van der Waals surface area contributed by atoms with Gasteiger partial charge in [0.1, 0.15) is 5.69 Å². The Morgan fingerprint density at radius 1 is 0.926 bits per heavy atom. The van der Waals surface area contributed by atoms with Crippen LogP contribution in [-0.2, 0) is 9.84 Å². The lowest BCUT2D eigenvalue weighted by molar-refractivity contribution is 0.0719. The van der Waals surface area contributed by atoms with Crippen molar-refractivity contribution in [1.82, 2.24) is 14.9 Å². The fourth-order valence-electron chi connectivity index (χ4n) is 3.39. The Morgan fingerprint density at radius 2 is 1.56 bits per heavy atom. The predicted octanol–water partition coefficient (Wildman–Crippen LogP) is 2.71. The third-order valence-electron chi connectivity index (χ3n) is 4.91. The van der Waals surface area contributed by atoms with Crippen LogP contribution in [0.3, 0.4) is 0 Å². The summed E-state index contributed by atoms with van der Waals surface area (Å²) in [7, 11) is -3.37. The van der Waals surface area contributed by atoms with Gasteiger partial charge in [0, 0.05) is 13.1 Å². The number of carbonyl (C=O) groups is 1. The summed E-state index contributed by atoms with van der Waals surface area (Å²) < 4.78 is 25.5.